The predicted molar refractivity (Wildman–Crippen MR) is 80.7 cm³/mol. The summed E-state index contributed by atoms with van der Waals surface area (Å²) in [6.45, 7) is 0.864. The number of anilines is 1. The van der Waals surface area contributed by atoms with Crippen molar-refractivity contribution in [2.45, 2.75) is 6.54 Å². The summed E-state index contributed by atoms with van der Waals surface area (Å²) in [5.74, 6) is -0.926. The van der Waals surface area contributed by atoms with Gasteiger partial charge in [-0.3, -0.25) is 9.59 Å². The highest BCUT2D eigenvalue weighted by Crippen LogP contribution is 2.28. The van der Waals surface area contributed by atoms with Crippen LogP contribution >= 0.6 is 0 Å². The number of rotatable bonds is 3. The van der Waals surface area contributed by atoms with Gasteiger partial charge in [-0.05, 0) is 24.3 Å². The second kappa shape index (κ2) is 4.77. The van der Waals surface area contributed by atoms with Crippen LogP contribution in [-0.2, 0) is 11.3 Å². The first-order valence-electron chi connectivity index (χ1n) is 6.99. The zero-order chi connectivity index (χ0) is 15.1. The molecule has 0 N–H and O–H groups in total. The molecule has 6 heteroatoms. The normalized spacial score (nSPS) is 13.9. The Kier molecular flexibility index (Phi) is 2.75. The molecule has 0 fully saturated rings. The van der Waals surface area contributed by atoms with Crippen molar-refractivity contribution < 1.29 is 9.59 Å². The Bertz CT molecular complexity index is 900. The third kappa shape index (κ3) is 1.81. The number of carbonyl (C=O) groups excluding carboxylic acids is 2. The van der Waals surface area contributed by atoms with Crippen molar-refractivity contribution >= 4 is 28.4 Å². The molecule has 6 nitrogen and oxygen atoms in total. The molecule has 0 bridgehead atoms. The minimum absolute atomic E-state index is 0.384. The first-order valence-corrected chi connectivity index (χ1v) is 6.99. The van der Waals surface area contributed by atoms with Crippen molar-refractivity contribution in [3.8, 4) is 0 Å². The summed E-state index contributed by atoms with van der Waals surface area (Å²) < 4.78 is 1.74. The Morgan fingerprint density at radius 3 is 2.59 bits per heavy atom. The third-order valence-corrected chi connectivity index (χ3v) is 3.83. The number of para-hydroxylation sites is 2. The van der Waals surface area contributed by atoms with Gasteiger partial charge >= 0.3 is 0 Å². The van der Waals surface area contributed by atoms with Crippen molar-refractivity contribution in [2.24, 2.45) is 0 Å². The SMILES string of the molecule is O=C1C(=O)N(CCn2nnc3ccccc32)c2ccccc21. The van der Waals surface area contributed by atoms with Gasteiger partial charge in [0.25, 0.3) is 11.7 Å². The van der Waals surface area contributed by atoms with Gasteiger partial charge in [0.1, 0.15) is 5.52 Å². The van der Waals surface area contributed by atoms with Crippen LogP contribution in [0.3, 0.4) is 0 Å². The molecule has 1 aromatic heterocycles. The average Bonchev–Trinajstić information content (AvgIpc) is 3.07. The lowest BCUT2D eigenvalue weighted by Crippen LogP contribution is -2.32. The highest BCUT2D eigenvalue weighted by molar-refractivity contribution is 6.52. The Labute approximate surface area is 126 Å². The minimum Gasteiger partial charge on any atom is -0.303 e. The fourth-order valence-electron chi connectivity index (χ4n) is 2.75. The van der Waals surface area contributed by atoms with Crippen LogP contribution in [0.15, 0.2) is 48.5 Å². The number of benzene rings is 2. The zero-order valence-electron chi connectivity index (χ0n) is 11.6. The van der Waals surface area contributed by atoms with E-state index in [9.17, 15) is 9.59 Å². The number of fused-ring (bicyclic) bond motifs is 2. The maximum Gasteiger partial charge on any atom is 0.299 e. The number of Topliss-reactive ketones (excluding diaryl/α,β-unsaturated/α-hetero) is 1. The molecule has 0 saturated heterocycles. The molecule has 0 spiro atoms. The largest absolute Gasteiger partial charge is 0.303 e. The Morgan fingerprint density at radius 2 is 1.68 bits per heavy atom. The number of nitrogens with zero attached hydrogens (tertiary/aromatic N) is 4. The Morgan fingerprint density at radius 1 is 0.909 bits per heavy atom. The fourth-order valence-corrected chi connectivity index (χ4v) is 2.75. The van der Waals surface area contributed by atoms with E-state index in [1.54, 1.807) is 22.9 Å². The molecule has 22 heavy (non-hydrogen) atoms. The van der Waals surface area contributed by atoms with E-state index >= 15 is 0 Å². The van der Waals surface area contributed by atoms with E-state index in [0.29, 0.717) is 24.3 Å². The van der Waals surface area contributed by atoms with Crippen molar-refractivity contribution in [1.29, 1.82) is 0 Å². The monoisotopic (exact) mass is 292 g/mol. The van der Waals surface area contributed by atoms with Crippen LogP contribution in [0.25, 0.3) is 11.0 Å². The maximum atomic E-state index is 12.1. The summed E-state index contributed by atoms with van der Waals surface area (Å²) in [6.07, 6.45) is 0. The van der Waals surface area contributed by atoms with Crippen molar-refractivity contribution in [1.82, 2.24) is 15.0 Å². The molecule has 3 aromatic rings. The average molecular weight is 292 g/mol. The van der Waals surface area contributed by atoms with Gasteiger partial charge < -0.3 is 4.90 Å². The molecule has 0 unspecified atom stereocenters. The van der Waals surface area contributed by atoms with Crippen LogP contribution in [-0.4, -0.2) is 33.2 Å². The number of amides is 1. The fraction of sp³-hybridized carbons (Fsp3) is 0.125. The van der Waals surface area contributed by atoms with Crippen LogP contribution in [0.1, 0.15) is 10.4 Å². The van der Waals surface area contributed by atoms with E-state index in [1.165, 1.54) is 4.90 Å². The topological polar surface area (TPSA) is 68.1 Å². The second-order valence-electron chi connectivity index (χ2n) is 5.10. The van der Waals surface area contributed by atoms with E-state index in [1.807, 2.05) is 30.3 Å². The number of hydrogen-bond donors (Lipinski definition) is 0. The van der Waals surface area contributed by atoms with Gasteiger partial charge in [0.2, 0.25) is 0 Å². The third-order valence-electron chi connectivity index (χ3n) is 3.83. The van der Waals surface area contributed by atoms with Gasteiger partial charge in [0, 0.05) is 6.54 Å². The highest BCUT2D eigenvalue weighted by Gasteiger charge is 2.35. The van der Waals surface area contributed by atoms with E-state index in [0.717, 1.165) is 11.0 Å². The molecule has 0 saturated carbocycles. The van der Waals surface area contributed by atoms with Gasteiger partial charge in [-0.25, -0.2) is 4.68 Å². The van der Waals surface area contributed by atoms with E-state index < -0.39 is 11.7 Å². The van der Waals surface area contributed by atoms with E-state index in [-0.39, 0.29) is 0 Å². The Hall–Kier alpha value is -3.02. The van der Waals surface area contributed by atoms with Crippen molar-refractivity contribution in [2.75, 3.05) is 11.4 Å². The van der Waals surface area contributed by atoms with Gasteiger partial charge in [0.15, 0.2) is 0 Å². The molecule has 1 amide bonds. The summed E-state index contributed by atoms with van der Waals surface area (Å²) in [6, 6.07) is 14.7. The lowest BCUT2D eigenvalue weighted by Gasteiger charge is -2.16. The summed E-state index contributed by atoms with van der Waals surface area (Å²) in [4.78, 5) is 25.6. The molecule has 0 aliphatic carbocycles. The highest BCUT2D eigenvalue weighted by atomic mass is 16.2. The lowest BCUT2D eigenvalue weighted by atomic mass is 10.1. The Balaban J connectivity index is 1.62. The molecule has 2 heterocycles. The van der Waals surface area contributed by atoms with E-state index in [2.05, 4.69) is 10.3 Å². The smallest absolute Gasteiger partial charge is 0.299 e. The molecule has 1 aliphatic rings. The molecule has 2 aromatic carbocycles. The molecular formula is C16H12N4O2. The minimum atomic E-state index is -0.481. The predicted octanol–water partition coefficient (Wildman–Crippen LogP) is 1.66. The zero-order valence-corrected chi connectivity index (χ0v) is 11.6. The molecule has 108 valence electrons. The summed E-state index contributed by atoms with van der Waals surface area (Å²) in [5.41, 5.74) is 2.86. The molecule has 0 radical (unpaired) electrons. The number of hydrogen-bond acceptors (Lipinski definition) is 4. The van der Waals surface area contributed by atoms with Crippen LogP contribution in [0.4, 0.5) is 5.69 Å². The summed E-state index contributed by atoms with van der Waals surface area (Å²) >= 11 is 0. The van der Waals surface area contributed by atoms with Crippen molar-refractivity contribution in [3.63, 3.8) is 0 Å². The van der Waals surface area contributed by atoms with Crippen LogP contribution < -0.4 is 4.90 Å². The van der Waals surface area contributed by atoms with Gasteiger partial charge in [-0.2, -0.15) is 0 Å². The number of carbonyl (C=O) groups is 2. The molecular weight excluding hydrogens is 280 g/mol. The standard InChI is InChI=1S/C16H12N4O2/c21-15-11-5-1-3-7-13(11)19(16(15)22)9-10-20-14-8-4-2-6-12(14)17-18-20/h1-8H,9-10H2. The first kappa shape index (κ1) is 12.7. The lowest BCUT2D eigenvalue weighted by molar-refractivity contribution is -0.114. The van der Waals surface area contributed by atoms with Gasteiger partial charge in [-0.15, -0.1) is 5.10 Å². The number of ketones is 1. The van der Waals surface area contributed by atoms with Gasteiger partial charge in [0.05, 0.1) is 23.3 Å². The molecule has 4 rings (SSSR count). The molecule has 0 atom stereocenters. The molecule has 1 aliphatic heterocycles. The summed E-state index contributed by atoms with van der Waals surface area (Å²) in [7, 11) is 0. The summed E-state index contributed by atoms with van der Waals surface area (Å²) in [5, 5.41) is 8.18. The van der Waals surface area contributed by atoms with Crippen LogP contribution in [0.2, 0.25) is 0 Å². The van der Waals surface area contributed by atoms with Crippen molar-refractivity contribution in [3.05, 3.63) is 54.1 Å². The first-order chi connectivity index (χ1) is 10.8. The van der Waals surface area contributed by atoms with Crippen LogP contribution in [0.5, 0.6) is 0 Å². The van der Waals surface area contributed by atoms with Crippen LogP contribution in [0, 0.1) is 0 Å². The van der Waals surface area contributed by atoms with E-state index in [4.69, 9.17) is 0 Å². The second-order valence-corrected chi connectivity index (χ2v) is 5.10. The number of aromatic nitrogens is 3. The quantitative estimate of drug-likeness (QED) is 0.688. The maximum absolute atomic E-state index is 12.1. The van der Waals surface area contributed by atoms with Gasteiger partial charge in [-0.1, -0.05) is 29.5 Å².